The van der Waals surface area contributed by atoms with Crippen molar-refractivity contribution in [2.24, 2.45) is 0 Å². The van der Waals surface area contributed by atoms with E-state index < -0.39 is 6.29 Å². The standard InChI is InChI=1S/C6H9O3/c1-2-5-4-8-6(3-7)9-5/h5-6H,2,4H2,1H3. The van der Waals surface area contributed by atoms with Gasteiger partial charge in [0.1, 0.15) is 0 Å². The van der Waals surface area contributed by atoms with E-state index in [1.165, 1.54) is 0 Å². The van der Waals surface area contributed by atoms with Crippen molar-refractivity contribution in [2.75, 3.05) is 6.61 Å². The van der Waals surface area contributed by atoms with E-state index in [1.54, 1.807) is 6.29 Å². The summed E-state index contributed by atoms with van der Waals surface area (Å²) in [4.78, 5) is 9.89. The van der Waals surface area contributed by atoms with Crippen molar-refractivity contribution in [3.63, 3.8) is 0 Å². The highest BCUT2D eigenvalue weighted by Gasteiger charge is 2.24. The van der Waals surface area contributed by atoms with Crippen molar-refractivity contribution < 1.29 is 14.3 Å². The van der Waals surface area contributed by atoms with Crippen LogP contribution in [0, 0.1) is 0 Å². The third-order valence-corrected chi connectivity index (χ3v) is 1.30. The summed E-state index contributed by atoms with van der Waals surface area (Å²) in [5, 5.41) is 0. The number of hydrogen-bond donors (Lipinski definition) is 0. The average Bonchev–Trinajstić information content (AvgIpc) is 2.34. The van der Waals surface area contributed by atoms with Crippen molar-refractivity contribution in [3.05, 3.63) is 0 Å². The Bertz CT molecular complexity index is 102. The Balaban J connectivity index is 2.28. The van der Waals surface area contributed by atoms with E-state index in [9.17, 15) is 4.79 Å². The van der Waals surface area contributed by atoms with Gasteiger partial charge in [0.2, 0.25) is 6.29 Å². The molecule has 3 heteroatoms. The Labute approximate surface area is 53.9 Å². The molecule has 0 aliphatic carbocycles. The third kappa shape index (κ3) is 1.50. The first-order valence-corrected chi connectivity index (χ1v) is 3.01. The Morgan fingerprint density at radius 2 is 2.56 bits per heavy atom. The molecular formula is C6H9O3. The van der Waals surface area contributed by atoms with Crippen LogP contribution < -0.4 is 0 Å². The minimum absolute atomic E-state index is 0.0939. The topological polar surface area (TPSA) is 35.5 Å². The molecule has 9 heavy (non-hydrogen) atoms. The van der Waals surface area contributed by atoms with Crippen molar-refractivity contribution in [2.45, 2.75) is 25.7 Å². The number of rotatable bonds is 2. The SMILES string of the molecule is CCC1COC([C]=O)O1. The van der Waals surface area contributed by atoms with E-state index in [-0.39, 0.29) is 6.10 Å². The summed E-state index contributed by atoms with van der Waals surface area (Å²) in [5.41, 5.74) is 0. The van der Waals surface area contributed by atoms with Crippen molar-refractivity contribution in [3.8, 4) is 0 Å². The Hall–Kier alpha value is -0.410. The Morgan fingerprint density at radius 3 is 2.89 bits per heavy atom. The Morgan fingerprint density at radius 1 is 1.78 bits per heavy atom. The van der Waals surface area contributed by atoms with Crippen LogP contribution in [0.25, 0.3) is 0 Å². The van der Waals surface area contributed by atoms with Crippen molar-refractivity contribution in [1.29, 1.82) is 0 Å². The second-order valence-corrected chi connectivity index (χ2v) is 1.95. The van der Waals surface area contributed by atoms with Crippen molar-refractivity contribution in [1.82, 2.24) is 0 Å². The summed E-state index contributed by atoms with van der Waals surface area (Å²) in [6.45, 7) is 2.51. The van der Waals surface area contributed by atoms with Crippen LogP contribution in [0.3, 0.4) is 0 Å². The van der Waals surface area contributed by atoms with Gasteiger partial charge >= 0.3 is 0 Å². The van der Waals surface area contributed by atoms with Crippen LogP contribution in [0.1, 0.15) is 13.3 Å². The fourth-order valence-electron chi connectivity index (χ4n) is 0.724. The van der Waals surface area contributed by atoms with Gasteiger partial charge in [-0.05, 0) is 6.42 Å². The minimum Gasteiger partial charge on any atom is -0.343 e. The van der Waals surface area contributed by atoms with E-state index in [4.69, 9.17) is 9.47 Å². The van der Waals surface area contributed by atoms with Gasteiger partial charge in [0.25, 0.3) is 6.29 Å². The van der Waals surface area contributed by atoms with Gasteiger partial charge in [0, 0.05) is 0 Å². The highest BCUT2D eigenvalue weighted by Crippen LogP contribution is 2.11. The molecule has 1 radical (unpaired) electrons. The summed E-state index contributed by atoms with van der Waals surface area (Å²) in [6, 6.07) is 0. The molecule has 0 aromatic carbocycles. The van der Waals surface area contributed by atoms with Crippen LogP contribution in [0.2, 0.25) is 0 Å². The lowest BCUT2D eigenvalue weighted by molar-refractivity contribution is -0.00600. The third-order valence-electron chi connectivity index (χ3n) is 1.30. The molecule has 1 heterocycles. The predicted octanol–water partition coefficient (Wildman–Crippen LogP) is 0.248. The molecule has 2 atom stereocenters. The molecule has 0 spiro atoms. The largest absolute Gasteiger partial charge is 0.343 e. The summed E-state index contributed by atoms with van der Waals surface area (Å²) in [7, 11) is 0. The summed E-state index contributed by atoms with van der Waals surface area (Å²) >= 11 is 0. The molecule has 1 saturated heterocycles. The molecule has 1 rings (SSSR count). The van der Waals surface area contributed by atoms with E-state index in [2.05, 4.69) is 0 Å². The molecule has 0 amide bonds. The summed E-state index contributed by atoms with van der Waals surface area (Å²) < 4.78 is 9.87. The van der Waals surface area contributed by atoms with E-state index >= 15 is 0 Å². The van der Waals surface area contributed by atoms with Gasteiger partial charge in [0.15, 0.2) is 0 Å². The fraction of sp³-hybridized carbons (Fsp3) is 0.833. The highest BCUT2D eigenvalue weighted by molar-refractivity contribution is 5.55. The van der Waals surface area contributed by atoms with Crippen LogP contribution >= 0.6 is 0 Å². The number of hydrogen-bond acceptors (Lipinski definition) is 3. The zero-order valence-electron chi connectivity index (χ0n) is 5.29. The normalized spacial score (nSPS) is 34.8. The maximum absolute atomic E-state index is 9.89. The first-order chi connectivity index (χ1) is 4.36. The van der Waals surface area contributed by atoms with E-state index in [0.29, 0.717) is 6.61 Å². The van der Waals surface area contributed by atoms with Gasteiger partial charge in [-0.2, -0.15) is 0 Å². The Kier molecular flexibility index (Phi) is 2.19. The zero-order valence-corrected chi connectivity index (χ0v) is 5.29. The summed E-state index contributed by atoms with van der Waals surface area (Å²) in [6.07, 6.45) is 1.89. The molecule has 0 bridgehead atoms. The summed E-state index contributed by atoms with van der Waals surface area (Å²) in [5.74, 6) is 0. The molecule has 0 aromatic rings. The lowest BCUT2D eigenvalue weighted by atomic mass is 10.3. The number of carbonyl (C=O) groups excluding carboxylic acids is 1. The zero-order chi connectivity index (χ0) is 6.69. The van der Waals surface area contributed by atoms with Crippen molar-refractivity contribution >= 4 is 6.29 Å². The molecule has 3 nitrogen and oxygen atoms in total. The molecular weight excluding hydrogens is 120 g/mol. The second-order valence-electron chi connectivity index (χ2n) is 1.95. The van der Waals surface area contributed by atoms with E-state index in [1.807, 2.05) is 6.92 Å². The van der Waals surface area contributed by atoms with Gasteiger partial charge in [-0.1, -0.05) is 6.92 Å². The first-order valence-electron chi connectivity index (χ1n) is 3.01. The molecule has 51 valence electrons. The molecule has 0 aromatic heterocycles. The average molecular weight is 129 g/mol. The minimum atomic E-state index is -0.727. The van der Waals surface area contributed by atoms with Crippen LogP contribution in [0.4, 0.5) is 0 Å². The molecule has 1 fully saturated rings. The molecule has 1 aliphatic rings. The van der Waals surface area contributed by atoms with Crippen LogP contribution in [0.15, 0.2) is 0 Å². The molecule has 1 aliphatic heterocycles. The maximum atomic E-state index is 9.89. The first kappa shape index (κ1) is 6.71. The molecule has 2 unspecified atom stereocenters. The predicted molar refractivity (Wildman–Crippen MR) is 30.6 cm³/mol. The van der Waals surface area contributed by atoms with Crippen LogP contribution in [0.5, 0.6) is 0 Å². The van der Waals surface area contributed by atoms with Gasteiger partial charge in [-0.3, -0.25) is 4.79 Å². The van der Waals surface area contributed by atoms with Gasteiger partial charge in [-0.25, -0.2) is 0 Å². The van der Waals surface area contributed by atoms with E-state index in [0.717, 1.165) is 6.42 Å². The lowest BCUT2D eigenvalue weighted by Crippen LogP contribution is -2.11. The van der Waals surface area contributed by atoms with Crippen LogP contribution in [-0.4, -0.2) is 25.3 Å². The number of ether oxygens (including phenoxy) is 2. The van der Waals surface area contributed by atoms with Crippen LogP contribution in [-0.2, 0) is 14.3 Å². The van der Waals surface area contributed by atoms with Gasteiger partial charge in [0.05, 0.1) is 12.7 Å². The monoisotopic (exact) mass is 129 g/mol. The second kappa shape index (κ2) is 2.94. The smallest absolute Gasteiger partial charge is 0.259 e. The quantitative estimate of drug-likeness (QED) is 0.536. The fourth-order valence-corrected chi connectivity index (χ4v) is 0.724. The lowest BCUT2D eigenvalue weighted by Gasteiger charge is -2.01. The maximum Gasteiger partial charge on any atom is 0.259 e. The molecule has 0 N–H and O–H groups in total. The molecule has 0 saturated carbocycles. The highest BCUT2D eigenvalue weighted by atomic mass is 16.7. The van der Waals surface area contributed by atoms with Gasteiger partial charge < -0.3 is 9.47 Å². The van der Waals surface area contributed by atoms with Gasteiger partial charge in [-0.15, -0.1) is 0 Å².